The van der Waals surface area contributed by atoms with Gasteiger partial charge in [-0.2, -0.15) is 8.78 Å². The van der Waals surface area contributed by atoms with Gasteiger partial charge in [0.2, 0.25) is 5.91 Å². The highest BCUT2D eigenvalue weighted by Gasteiger charge is 2.20. The van der Waals surface area contributed by atoms with E-state index in [9.17, 15) is 13.6 Å². The first-order chi connectivity index (χ1) is 13.5. The van der Waals surface area contributed by atoms with Crippen LogP contribution in [0.25, 0.3) is 0 Å². The summed E-state index contributed by atoms with van der Waals surface area (Å²) in [5, 5.41) is 9.46. The van der Waals surface area contributed by atoms with Gasteiger partial charge in [-0.3, -0.25) is 9.79 Å². The third-order valence-electron chi connectivity index (χ3n) is 4.60. The summed E-state index contributed by atoms with van der Waals surface area (Å²) >= 11 is 5.94. The molecule has 3 N–H and O–H groups in total. The van der Waals surface area contributed by atoms with Crippen LogP contribution in [0.4, 0.5) is 8.78 Å². The van der Waals surface area contributed by atoms with Crippen molar-refractivity contribution in [2.75, 3.05) is 20.1 Å². The van der Waals surface area contributed by atoms with Crippen molar-refractivity contribution in [2.45, 2.75) is 45.3 Å². The summed E-state index contributed by atoms with van der Waals surface area (Å²) in [6.45, 7) is -1.73. The van der Waals surface area contributed by atoms with Crippen molar-refractivity contribution in [3.63, 3.8) is 0 Å². The number of carbonyl (C=O) groups excluding carboxylic acids is 1. The van der Waals surface area contributed by atoms with Gasteiger partial charge < -0.3 is 20.7 Å². The topological polar surface area (TPSA) is 74.8 Å². The molecular weight excluding hydrogens is 390 g/mol. The number of aliphatic imine (C=N–C) groups is 1. The molecule has 0 aromatic heterocycles. The molecule has 156 valence electrons. The molecule has 0 atom stereocenters. The Morgan fingerprint density at radius 1 is 1.21 bits per heavy atom. The molecule has 0 spiro atoms. The van der Waals surface area contributed by atoms with Crippen LogP contribution >= 0.6 is 11.6 Å². The first kappa shape index (κ1) is 22.2. The number of hydrogen-bond donors (Lipinski definition) is 3. The maximum absolute atomic E-state index is 12.5. The quantitative estimate of drug-likeness (QED) is 0.345. The molecule has 0 saturated heterocycles. The number of alkyl halides is 2. The van der Waals surface area contributed by atoms with Crippen LogP contribution in [0.2, 0.25) is 5.02 Å². The number of ether oxygens (including phenoxy) is 1. The van der Waals surface area contributed by atoms with Crippen LogP contribution in [0.1, 0.15) is 37.7 Å². The summed E-state index contributed by atoms with van der Waals surface area (Å²) < 4.78 is 29.6. The lowest BCUT2D eigenvalue weighted by molar-refractivity contribution is -0.125. The van der Waals surface area contributed by atoms with E-state index >= 15 is 0 Å². The summed E-state index contributed by atoms with van der Waals surface area (Å²) in [4.78, 5) is 16.2. The monoisotopic (exact) mass is 416 g/mol. The van der Waals surface area contributed by atoms with Crippen LogP contribution in [-0.4, -0.2) is 38.6 Å². The summed E-state index contributed by atoms with van der Waals surface area (Å²) in [7, 11) is 1.60. The van der Waals surface area contributed by atoms with Crippen LogP contribution in [0.3, 0.4) is 0 Å². The van der Waals surface area contributed by atoms with Crippen LogP contribution in [0, 0.1) is 5.92 Å². The zero-order valence-corrected chi connectivity index (χ0v) is 16.7. The Kier molecular flexibility index (Phi) is 9.27. The number of hydrogen-bond acceptors (Lipinski definition) is 3. The predicted octanol–water partition coefficient (Wildman–Crippen LogP) is 3.30. The number of nitrogens with one attached hydrogen (secondary N) is 3. The number of carbonyl (C=O) groups is 1. The van der Waals surface area contributed by atoms with E-state index in [0.717, 1.165) is 25.7 Å². The van der Waals surface area contributed by atoms with E-state index in [1.807, 2.05) is 0 Å². The molecule has 1 amide bonds. The summed E-state index contributed by atoms with van der Waals surface area (Å²) in [5.41, 5.74) is 0.487. The fourth-order valence-electron chi connectivity index (χ4n) is 3.17. The molecule has 1 saturated carbocycles. The smallest absolute Gasteiger partial charge is 0.387 e. The van der Waals surface area contributed by atoms with Gasteiger partial charge in [-0.05, 0) is 31.0 Å². The minimum atomic E-state index is -2.91. The Labute approximate surface area is 169 Å². The Morgan fingerprint density at radius 2 is 1.93 bits per heavy atom. The highest BCUT2D eigenvalue weighted by Crippen LogP contribution is 2.24. The summed E-state index contributed by atoms with van der Waals surface area (Å²) in [6, 6.07) is 4.46. The van der Waals surface area contributed by atoms with E-state index < -0.39 is 6.61 Å². The van der Waals surface area contributed by atoms with Gasteiger partial charge in [0.15, 0.2) is 5.96 Å². The molecule has 9 heteroatoms. The third-order valence-corrected chi connectivity index (χ3v) is 4.84. The van der Waals surface area contributed by atoms with Gasteiger partial charge >= 0.3 is 6.61 Å². The van der Waals surface area contributed by atoms with Crippen molar-refractivity contribution in [2.24, 2.45) is 10.9 Å². The number of halogens is 3. The fourth-order valence-corrected chi connectivity index (χ4v) is 3.37. The van der Waals surface area contributed by atoms with E-state index in [2.05, 4.69) is 25.7 Å². The van der Waals surface area contributed by atoms with Crippen molar-refractivity contribution in [1.29, 1.82) is 0 Å². The number of benzene rings is 1. The lowest BCUT2D eigenvalue weighted by atomic mass is 9.89. The second-order valence-corrected chi connectivity index (χ2v) is 7.05. The average molecular weight is 417 g/mol. The number of amides is 1. The van der Waals surface area contributed by atoms with Gasteiger partial charge in [0.1, 0.15) is 5.75 Å². The van der Waals surface area contributed by atoms with Crippen LogP contribution < -0.4 is 20.7 Å². The maximum atomic E-state index is 12.5. The number of guanidine groups is 1. The van der Waals surface area contributed by atoms with Crippen LogP contribution in [-0.2, 0) is 11.3 Å². The number of rotatable bonds is 8. The van der Waals surface area contributed by atoms with Gasteiger partial charge in [-0.15, -0.1) is 0 Å². The molecule has 0 aliphatic heterocycles. The van der Waals surface area contributed by atoms with E-state index in [1.54, 1.807) is 13.1 Å². The first-order valence-electron chi connectivity index (χ1n) is 9.45. The minimum Gasteiger partial charge on any atom is -0.434 e. The van der Waals surface area contributed by atoms with Crippen molar-refractivity contribution >= 4 is 23.5 Å². The molecular formula is C19H27ClF2N4O2. The summed E-state index contributed by atoms with van der Waals surface area (Å²) in [5.74, 6) is 0.774. The fraction of sp³-hybridized carbons (Fsp3) is 0.579. The molecule has 0 radical (unpaired) electrons. The molecule has 1 aliphatic carbocycles. The molecule has 1 aromatic carbocycles. The minimum absolute atomic E-state index is 0.0575. The third kappa shape index (κ3) is 7.50. The van der Waals surface area contributed by atoms with Gasteiger partial charge in [-0.1, -0.05) is 30.9 Å². The second kappa shape index (κ2) is 11.7. The molecule has 0 bridgehead atoms. The van der Waals surface area contributed by atoms with Crippen molar-refractivity contribution in [3.05, 3.63) is 28.8 Å². The van der Waals surface area contributed by atoms with Crippen molar-refractivity contribution in [3.8, 4) is 5.75 Å². The Bertz CT molecular complexity index is 667. The van der Waals surface area contributed by atoms with E-state index in [-0.39, 0.29) is 24.1 Å². The zero-order chi connectivity index (χ0) is 20.4. The summed E-state index contributed by atoms with van der Waals surface area (Å²) in [6.07, 6.45) is 5.38. The molecule has 1 aliphatic rings. The van der Waals surface area contributed by atoms with Crippen molar-refractivity contribution < 1.29 is 18.3 Å². The maximum Gasteiger partial charge on any atom is 0.387 e. The SMILES string of the molecule is CN=C(NCCNC(=O)C1CCCCC1)NCc1cc(Cl)ccc1OC(F)F. The molecule has 0 heterocycles. The Balaban J connectivity index is 1.75. The van der Waals surface area contributed by atoms with E-state index in [4.69, 9.17) is 11.6 Å². The lowest BCUT2D eigenvalue weighted by Crippen LogP contribution is -2.42. The lowest BCUT2D eigenvalue weighted by Gasteiger charge is -2.21. The van der Waals surface area contributed by atoms with Crippen molar-refractivity contribution in [1.82, 2.24) is 16.0 Å². The van der Waals surface area contributed by atoms with Gasteiger partial charge in [0.05, 0.1) is 0 Å². The largest absolute Gasteiger partial charge is 0.434 e. The molecule has 2 rings (SSSR count). The van der Waals surface area contributed by atoms with Gasteiger partial charge in [-0.25, -0.2) is 0 Å². The van der Waals surface area contributed by atoms with E-state index in [0.29, 0.717) is 29.6 Å². The first-order valence-corrected chi connectivity index (χ1v) is 9.83. The Hall–Kier alpha value is -2.09. The second-order valence-electron chi connectivity index (χ2n) is 6.61. The molecule has 6 nitrogen and oxygen atoms in total. The average Bonchev–Trinajstić information content (AvgIpc) is 2.69. The van der Waals surface area contributed by atoms with E-state index in [1.165, 1.54) is 18.6 Å². The normalized spacial score (nSPS) is 15.4. The van der Waals surface area contributed by atoms with Crippen LogP contribution in [0.15, 0.2) is 23.2 Å². The molecule has 28 heavy (non-hydrogen) atoms. The Morgan fingerprint density at radius 3 is 2.61 bits per heavy atom. The molecule has 1 aromatic rings. The molecule has 1 fully saturated rings. The molecule has 0 unspecified atom stereocenters. The highest BCUT2D eigenvalue weighted by atomic mass is 35.5. The standard InChI is InChI=1S/C19H27ClF2N4O2/c1-23-19(25-10-9-24-17(27)13-5-3-2-4-6-13)26-12-14-11-15(20)7-8-16(14)28-18(21)22/h7-8,11,13,18H,2-6,9-10,12H2,1H3,(H,24,27)(H2,23,25,26). The van der Waals surface area contributed by atoms with Gasteiger partial charge in [0, 0.05) is 43.2 Å². The predicted molar refractivity (Wildman–Crippen MR) is 106 cm³/mol. The van der Waals surface area contributed by atoms with Crippen LogP contribution in [0.5, 0.6) is 5.75 Å². The number of nitrogens with zero attached hydrogens (tertiary/aromatic N) is 1. The van der Waals surface area contributed by atoms with Gasteiger partial charge in [0.25, 0.3) is 0 Å². The zero-order valence-electron chi connectivity index (χ0n) is 15.9. The highest BCUT2D eigenvalue weighted by molar-refractivity contribution is 6.30.